The summed E-state index contributed by atoms with van der Waals surface area (Å²) in [6.07, 6.45) is 6.10. The van der Waals surface area contributed by atoms with Crippen molar-refractivity contribution in [1.82, 2.24) is 5.32 Å². The fourth-order valence-corrected chi connectivity index (χ4v) is 4.30. The quantitative estimate of drug-likeness (QED) is 0.779. The molecule has 16 heavy (non-hydrogen) atoms. The van der Waals surface area contributed by atoms with E-state index in [4.69, 9.17) is 0 Å². The normalized spacial score (nSPS) is 29.9. The van der Waals surface area contributed by atoms with E-state index in [0.717, 1.165) is 24.6 Å². The van der Waals surface area contributed by atoms with Crippen molar-refractivity contribution in [2.24, 2.45) is 5.92 Å². The predicted octanol–water partition coefficient (Wildman–Crippen LogP) is 2.70. The van der Waals surface area contributed by atoms with Crippen LogP contribution in [0, 0.1) is 5.92 Å². The van der Waals surface area contributed by atoms with Crippen LogP contribution in [0.4, 0.5) is 0 Å². The molecule has 0 aliphatic heterocycles. The molecule has 0 heterocycles. The van der Waals surface area contributed by atoms with Crippen LogP contribution in [-0.2, 0) is 10.8 Å². The Labute approximate surface area is 103 Å². The molecule has 1 aliphatic carbocycles. The van der Waals surface area contributed by atoms with E-state index in [-0.39, 0.29) is 0 Å². The molecule has 4 atom stereocenters. The minimum absolute atomic E-state index is 0.401. The molecule has 1 saturated carbocycles. The number of hydrogen-bond acceptors (Lipinski definition) is 2. The minimum Gasteiger partial charge on any atom is -0.313 e. The summed E-state index contributed by atoms with van der Waals surface area (Å²) >= 11 is 0. The highest BCUT2D eigenvalue weighted by Gasteiger charge is 2.24. The second-order valence-corrected chi connectivity index (χ2v) is 7.06. The third kappa shape index (κ3) is 4.96. The van der Waals surface area contributed by atoms with Gasteiger partial charge in [-0.1, -0.05) is 26.7 Å². The predicted molar refractivity (Wildman–Crippen MR) is 72.2 cm³/mol. The maximum Gasteiger partial charge on any atom is 0.0388 e. The molecule has 0 aromatic carbocycles. The summed E-state index contributed by atoms with van der Waals surface area (Å²) < 4.78 is 12.2. The molecule has 3 heteroatoms. The van der Waals surface area contributed by atoms with E-state index in [1.165, 1.54) is 25.7 Å². The van der Waals surface area contributed by atoms with Crippen molar-refractivity contribution in [3.8, 4) is 0 Å². The fraction of sp³-hybridized carbons (Fsp3) is 1.00. The van der Waals surface area contributed by atoms with E-state index < -0.39 is 10.8 Å². The molecule has 0 bridgehead atoms. The Hall–Kier alpha value is 0.110. The zero-order chi connectivity index (χ0) is 12.0. The summed E-state index contributed by atoms with van der Waals surface area (Å²) in [4.78, 5) is 0. The highest BCUT2D eigenvalue weighted by atomic mass is 32.2. The molecular weight excluding hydrogens is 218 g/mol. The van der Waals surface area contributed by atoms with Gasteiger partial charge in [0, 0.05) is 27.8 Å². The van der Waals surface area contributed by atoms with Crippen molar-refractivity contribution < 1.29 is 4.21 Å². The average molecular weight is 245 g/mol. The molecule has 1 rings (SSSR count). The fourth-order valence-electron chi connectivity index (χ4n) is 2.45. The minimum atomic E-state index is -0.623. The first kappa shape index (κ1) is 14.2. The van der Waals surface area contributed by atoms with E-state index in [1.807, 2.05) is 0 Å². The molecule has 1 fully saturated rings. The van der Waals surface area contributed by atoms with Crippen molar-refractivity contribution in [1.29, 1.82) is 0 Å². The van der Waals surface area contributed by atoms with Crippen LogP contribution in [-0.4, -0.2) is 27.8 Å². The molecule has 1 aliphatic rings. The van der Waals surface area contributed by atoms with Crippen molar-refractivity contribution in [2.75, 3.05) is 12.3 Å². The molecule has 0 amide bonds. The zero-order valence-corrected chi connectivity index (χ0v) is 11.8. The van der Waals surface area contributed by atoms with E-state index in [0.29, 0.717) is 11.3 Å². The number of nitrogens with one attached hydrogen (secondary N) is 1. The van der Waals surface area contributed by atoms with Gasteiger partial charge in [0.05, 0.1) is 0 Å². The lowest BCUT2D eigenvalue weighted by molar-refractivity contribution is 0.388. The molecule has 0 saturated heterocycles. The summed E-state index contributed by atoms with van der Waals surface area (Å²) in [5.41, 5.74) is 0. The first-order chi connectivity index (χ1) is 7.63. The van der Waals surface area contributed by atoms with Crippen LogP contribution >= 0.6 is 0 Å². The van der Waals surface area contributed by atoms with Crippen molar-refractivity contribution in [2.45, 2.75) is 64.2 Å². The Morgan fingerprint density at radius 3 is 2.81 bits per heavy atom. The highest BCUT2D eigenvalue weighted by molar-refractivity contribution is 7.85. The standard InChI is InChI=1S/C13H27NOS/c1-4-8-14-12(3)10-16(15)13-7-5-6-11(2)9-13/h11-14H,4-10H2,1-3H3. The molecule has 2 nitrogen and oxygen atoms in total. The van der Waals surface area contributed by atoms with Crippen LogP contribution in [0.3, 0.4) is 0 Å². The van der Waals surface area contributed by atoms with E-state index in [2.05, 4.69) is 26.1 Å². The Morgan fingerprint density at radius 2 is 2.19 bits per heavy atom. The Bertz CT molecular complexity index is 220. The molecule has 4 unspecified atom stereocenters. The third-order valence-corrected chi connectivity index (χ3v) is 5.42. The van der Waals surface area contributed by atoms with Gasteiger partial charge in [-0.2, -0.15) is 0 Å². The van der Waals surface area contributed by atoms with Gasteiger partial charge in [-0.15, -0.1) is 0 Å². The molecule has 0 radical (unpaired) electrons. The van der Waals surface area contributed by atoms with Gasteiger partial charge in [-0.05, 0) is 38.6 Å². The molecule has 0 aromatic heterocycles. The second-order valence-electron chi connectivity index (χ2n) is 5.30. The van der Waals surface area contributed by atoms with Crippen LogP contribution in [0.5, 0.6) is 0 Å². The van der Waals surface area contributed by atoms with Gasteiger partial charge < -0.3 is 5.32 Å². The van der Waals surface area contributed by atoms with Crippen LogP contribution in [0.1, 0.15) is 52.9 Å². The summed E-state index contributed by atoms with van der Waals surface area (Å²) in [6.45, 7) is 7.65. The lowest BCUT2D eigenvalue weighted by Gasteiger charge is -2.27. The average Bonchev–Trinajstić information content (AvgIpc) is 2.26. The lowest BCUT2D eigenvalue weighted by Crippen LogP contribution is -2.35. The van der Waals surface area contributed by atoms with Gasteiger partial charge in [-0.3, -0.25) is 4.21 Å². The van der Waals surface area contributed by atoms with Gasteiger partial charge in [0.15, 0.2) is 0 Å². The smallest absolute Gasteiger partial charge is 0.0388 e. The van der Waals surface area contributed by atoms with Gasteiger partial charge in [0.2, 0.25) is 0 Å². The van der Waals surface area contributed by atoms with Crippen LogP contribution in [0.2, 0.25) is 0 Å². The Balaban J connectivity index is 2.27. The maximum atomic E-state index is 12.2. The molecule has 1 N–H and O–H groups in total. The topological polar surface area (TPSA) is 29.1 Å². The van der Waals surface area contributed by atoms with Crippen molar-refractivity contribution in [3.05, 3.63) is 0 Å². The first-order valence-corrected chi connectivity index (χ1v) is 8.12. The number of hydrogen-bond donors (Lipinski definition) is 1. The monoisotopic (exact) mass is 245 g/mol. The van der Waals surface area contributed by atoms with Gasteiger partial charge >= 0.3 is 0 Å². The van der Waals surface area contributed by atoms with Crippen molar-refractivity contribution >= 4 is 10.8 Å². The summed E-state index contributed by atoms with van der Waals surface area (Å²) in [5.74, 6) is 1.61. The maximum absolute atomic E-state index is 12.2. The van der Waals surface area contributed by atoms with Crippen LogP contribution < -0.4 is 5.32 Å². The van der Waals surface area contributed by atoms with Crippen LogP contribution in [0.15, 0.2) is 0 Å². The molecule has 0 spiro atoms. The zero-order valence-electron chi connectivity index (χ0n) is 11.0. The molecule has 96 valence electrons. The van der Waals surface area contributed by atoms with Gasteiger partial charge in [-0.25, -0.2) is 0 Å². The largest absolute Gasteiger partial charge is 0.313 e. The van der Waals surface area contributed by atoms with E-state index in [1.54, 1.807) is 0 Å². The van der Waals surface area contributed by atoms with E-state index >= 15 is 0 Å². The number of rotatable bonds is 6. The summed E-state index contributed by atoms with van der Waals surface area (Å²) in [7, 11) is -0.623. The third-order valence-electron chi connectivity index (χ3n) is 3.42. The highest BCUT2D eigenvalue weighted by Crippen LogP contribution is 2.27. The molecular formula is C13H27NOS. The van der Waals surface area contributed by atoms with Crippen LogP contribution in [0.25, 0.3) is 0 Å². The Morgan fingerprint density at radius 1 is 1.44 bits per heavy atom. The van der Waals surface area contributed by atoms with Gasteiger partial charge in [0.1, 0.15) is 0 Å². The second kappa shape index (κ2) is 7.44. The summed E-state index contributed by atoms with van der Waals surface area (Å²) in [5, 5.41) is 3.89. The van der Waals surface area contributed by atoms with Crippen molar-refractivity contribution in [3.63, 3.8) is 0 Å². The Kier molecular flexibility index (Phi) is 6.59. The first-order valence-electron chi connectivity index (χ1n) is 6.74. The summed E-state index contributed by atoms with van der Waals surface area (Å²) in [6, 6.07) is 0.401. The molecule has 0 aromatic rings. The van der Waals surface area contributed by atoms with Gasteiger partial charge in [0.25, 0.3) is 0 Å². The SMILES string of the molecule is CCCNC(C)CS(=O)C1CCCC(C)C1. The van der Waals surface area contributed by atoms with E-state index in [9.17, 15) is 4.21 Å². The lowest BCUT2D eigenvalue weighted by atomic mass is 9.91.